The van der Waals surface area contributed by atoms with Crippen molar-refractivity contribution >= 4 is 0 Å². The molecular weight excluding hydrogens is 468 g/mol. The van der Waals surface area contributed by atoms with Crippen LogP contribution in [-0.4, -0.2) is 163 Å². The summed E-state index contributed by atoms with van der Waals surface area (Å²) < 4.78 is 26.9. The standard InChI is InChI=1S/C19H34O15/c1-5-9(22)17(34-19-16(29)14(27)11(24)7(3-21)33-19)12(25)8(31-5)4-30-18-15(28)13(26)10(23)6(2-20)32-18/h5-29H,2-4H2,1H3/t5-,6?,7?,8?,9?,10-,11-,12-,13?,14?,15-,16-,17-,18+,19-/m1/s1. The molecule has 10 N–H and O–H groups in total. The molecule has 3 fully saturated rings. The zero-order valence-electron chi connectivity index (χ0n) is 18.3. The second-order valence-corrected chi connectivity index (χ2v) is 8.69. The van der Waals surface area contributed by atoms with Crippen LogP contribution < -0.4 is 0 Å². The first kappa shape index (κ1) is 28.0. The van der Waals surface area contributed by atoms with Crippen molar-refractivity contribution in [2.24, 2.45) is 0 Å². The average Bonchev–Trinajstić information content (AvgIpc) is 2.82. The van der Waals surface area contributed by atoms with Crippen molar-refractivity contribution < 1.29 is 74.7 Å². The van der Waals surface area contributed by atoms with Crippen LogP contribution in [0.1, 0.15) is 6.92 Å². The molecule has 200 valence electrons. The Labute approximate surface area is 194 Å². The average molecular weight is 502 g/mol. The van der Waals surface area contributed by atoms with Crippen LogP contribution in [0.2, 0.25) is 0 Å². The summed E-state index contributed by atoms with van der Waals surface area (Å²) in [7, 11) is 0. The van der Waals surface area contributed by atoms with Gasteiger partial charge in [-0.3, -0.25) is 0 Å². The van der Waals surface area contributed by atoms with Crippen LogP contribution in [0.4, 0.5) is 0 Å². The SMILES string of the molecule is C[C@H]1OC(CO[C@H]2OC(CO)[C@@H](O)C(O)[C@H]2O)[C@@H](O)[C@H](O[C@H]2OC(CO)[C@@H](O)C(O)[C@H]2O)C1O. The third kappa shape index (κ3) is 5.54. The number of aliphatic hydroxyl groups is 10. The maximum Gasteiger partial charge on any atom is 0.187 e. The molecule has 3 aliphatic rings. The van der Waals surface area contributed by atoms with Gasteiger partial charge in [0.15, 0.2) is 12.6 Å². The molecule has 0 aromatic heterocycles. The summed E-state index contributed by atoms with van der Waals surface area (Å²) in [5.74, 6) is 0. The summed E-state index contributed by atoms with van der Waals surface area (Å²) >= 11 is 0. The molecule has 6 unspecified atom stereocenters. The summed E-state index contributed by atoms with van der Waals surface area (Å²) in [4.78, 5) is 0. The van der Waals surface area contributed by atoms with Gasteiger partial charge in [-0.05, 0) is 6.92 Å². The van der Waals surface area contributed by atoms with Crippen molar-refractivity contribution in [3.05, 3.63) is 0 Å². The Morgan fingerprint density at radius 3 is 1.59 bits per heavy atom. The van der Waals surface area contributed by atoms with Crippen LogP contribution in [0.5, 0.6) is 0 Å². The summed E-state index contributed by atoms with van der Waals surface area (Å²) in [6, 6.07) is 0. The van der Waals surface area contributed by atoms with Crippen LogP contribution in [0.25, 0.3) is 0 Å². The van der Waals surface area contributed by atoms with Gasteiger partial charge in [-0.2, -0.15) is 0 Å². The molecule has 0 bridgehead atoms. The van der Waals surface area contributed by atoms with E-state index in [-0.39, 0.29) is 0 Å². The fraction of sp³-hybridized carbons (Fsp3) is 1.00. The zero-order chi connectivity index (χ0) is 25.3. The topological polar surface area (TPSA) is 248 Å². The molecule has 3 aliphatic heterocycles. The van der Waals surface area contributed by atoms with E-state index >= 15 is 0 Å². The number of rotatable bonds is 7. The third-order valence-corrected chi connectivity index (χ3v) is 6.34. The highest BCUT2D eigenvalue weighted by Crippen LogP contribution is 2.30. The number of hydrogen-bond acceptors (Lipinski definition) is 15. The monoisotopic (exact) mass is 502 g/mol. The minimum atomic E-state index is -1.76. The van der Waals surface area contributed by atoms with Gasteiger partial charge in [0.1, 0.15) is 73.2 Å². The van der Waals surface area contributed by atoms with Gasteiger partial charge >= 0.3 is 0 Å². The molecule has 15 heteroatoms. The van der Waals surface area contributed by atoms with Crippen molar-refractivity contribution in [2.75, 3.05) is 19.8 Å². The highest BCUT2D eigenvalue weighted by Gasteiger charge is 2.50. The molecule has 0 radical (unpaired) electrons. The Balaban J connectivity index is 1.65. The lowest BCUT2D eigenvalue weighted by atomic mass is 9.94. The largest absolute Gasteiger partial charge is 0.394 e. The molecular formula is C19H34O15. The van der Waals surface area contributed by atoms with E-state index in [4.69, 9.17) is 23.7 Å². The van der Waals surface area contributed by atoms with Crippen LogP contribution in [0.3, 0.4) is 0 Å². The molecule has 15 nitrogen and oxygen atoms in total. The van der Waals surface area contributed by atoms with E-state index in [1.165, 1.54) is 6.92 Å². The van der Waals surface area contributed by atoms with Gasteiger partial charge in [0.2, 0.25) is 0 Å². The maximum atomic E-state index is 10.7. The maximum absolute atomic E-state index is 10.7. The molecule has 3 saturated heterocycles. The van der Waals surface area contributed by atoms with E-state index in [0.717, 1.165) is 0 Å². The summed E-state index contributed by atoms with van der Waals surface area (Å²) in [5.41, 5.74) is 0. The van der Waals surface area contributed by atoms with Crippen molar-refractivity contribution in [1.29, 1.82) is 0 Å². The first-order valence-corrected chi connectivity index (χ1v) is 10.9. The van der Waals surface area contributed by atoms with E-state index in [1.807, 2.05) is 0 Å². The third-order valence-electron chi connectivity index (χ3n) is 6.34. The van der Waals surface area contributed by atoms with E-state index in [9.17, 15) is 51.1 Å². The van der Waals surface area contributed by atoms with Crippen molar-refractivity contribution in [3.8, 4) is 0 Å². The van der Waals surface area contributed by atoms with Crippen LogP contribution in [-0.2, 0) is 23.7 Å². The van der Waals surface area contributed by atoms with Crippen molar-refractivity contribution in [3.63, 3.8) is 0 Å². The number of aliphatic hydroxyl groups excluding tert-OH is 10. The van der Waals surface area contributed by atoms with Gasteiger partial charge in [0.25, 0.3) is 0 Å². The molecule has 0 amide bonds. The van der Waals surface area contributed by atoms with Crippen molar-refractivity contribution in [1.82, 2.24) is 0 Å². The summed E-state index contributed by atoms with van der Waals surface area (Å²) in [6.07, 6.45) is -22.2. The van der Waals surface area contributed by atoms with E-state index in [2.05, 4.69) is 0 Å². The Kier molecular flexibility index (Phi) is 9.57. The lowest BCUT2D eigenvalue weighted by Gasteiger charge is -2.46. The Morgan fingerprint density at radius 2 is 1.06 bits per heavy atom. The smallest absolute Gasteiger partial charge is 0.187 e. The molecule has 34 heavy (non-hydrogen) atoms. The molecule has 0 spiro atoms. The van der Waals surface area contributed by atoms with Gasteiger partial charge in [-0.25, -0.2) is 0 Å². The van der Waals surface area contributed by atoms with Crippen molar-refractivity contribution in [2.45, 2.75) is 98.9 Å². The first-order chi connectivity index (χ1) is 16.0. The molecule has 0 aliphatic carbocycles. The van der Waals surface area contributed by atoms with Gasteiger partial charge in [-0.1, -0.05) is 0 Å². The van der Waals surface area contributed by atoms with E-state index < -0.39 is 112 Å². The first-order valence-electron chi connectivity index (χ1n) is 10.9. The van der Waals surface area contributed by atoms with E-state index in [1.54, 1.807) is 0 Å². The normalized spacial score (nSPS) is 52.5. The predicted molar refractivity (Wildman–Crippen MR) is 105 cm³/mol. The van der Waals surface area contributed by atoms with Gasteiger partial charge in [0, 0.05) is 0 Å². The second-order valence-electron chi connectivity index (χ2n) is 8.69. The zero-order valence-corrected chi connectivity index (χ0v) is 18.3. The summed E-state index contributed by atoms with van der Waals surface area (Å²) in [5, 5.41) is 99.6. The highest BCUT2D eigenvalue weighted by molar-refractivity contribution is 4.95. The van der Waals surface area contributed by atoms with Gasteiger partial charge in [0.05, 0.1) is 25.9 Å². The summed E-state index contributed by atoms with van der Waals surface area (Å²) in [6.45, 7) is -0.349. The Hall–Kier alpha value is -0.600. The fourth-order valence-electron chi connectivity index (χ4n) is 4.15. The minimum Gasteiger partial charge on any atom is -0.394 e. The Bertz CT molecular complexity index is 637. The second kappa shape index (κ2) is 11.6. The van der Waals surface area contributed by atoms with Gasteiger partial charge in [-0.15, -0.1) is 0 Å². The quantitative estimate of drug-likeness (QED) is 0.155. The molecule has 0 aromatic carbocycles. The number of ether oxygens (including phenoxy) is 5. The predicted octanol–water partition coefficient (Wildman–Crippen LogP) is -6.50. The van der Waals surface area contributed by atoms with Gasteiger partial charge < -0.3 is 74.7 Å². The van der Waals surface area contributed by atoms with E-state index in [0.29, 0.717) is 0 Å². The Morgan fingerprint density at radius 1 is 0.559 bits per heavy atom. The lowest BCUT2D eigenvalue weighted by molar-refractivity contribution is -0.346. The minimum absolute atomic E-state index is 0.449. The van der Waals surface area contributed by atoms with Crippen LogP contribution in [0, 0.1) is 0 Å². The molecule has 0 saturated carbocycles. The molecule has 3 heterocycles. The van der Waals surface area contributed by atoms with Crippen LogP contribution in [0.15, 0.2) is 0 Å². The fourth-order valence-corrected chi connectivity index (χ4v) is 4.15. The molecule has 3 rings (SSSR count). The molecule has 15 atom stereocenters. The highest BCUT2D eigenvalue weighted by atomic mass is 16.7. The van der Waals surface area contributed by atoms with Crippen LogP contribution >= 0.6 is 0 Å². The lowest BCUT2D eigenvalue weighted by Crippen LogP contribution is -2.64. The number of hydrogen-bond donors (Lipinski definition) is 10. The molecule has 0 aromatic rings.